The summed E-state index contributed by atoms with van der Waals surface area (Å²) in [5.41, 5.74) is 4.47. The van der Waals surface area contributed by atoms with Crippen LogP contribution in [0.15, 0.2) is 23.1 Å². The van der Waals surface area contributed by atoms with Gasteiger partial charge in [0.2, 0.25) is 0 Å². The van der Waals surface area contributed by atoms with E-state index in [1.54, 1.807) is 0 Å². The van der Waals surface area contributed by atoms with Crippen molar-refractivity contribution in [2.45, 2.75) is 11.1 Å². The van der Waals surface area contributed by atoms with Gasteiger partial charge in [-0.2, -0.15) is 13.2 Å². The van der Waals surface area contributed by atoms with E-state index >= 15 is 0 Å². The summed E-state index contributed by atoms with van der Waals surface area (Å²) in [7, 11) is 0. The van der Waals surface area contributed by atoms with E-state index in [2.05, 4.69) is 12.6 Å². The maximum absolute atomic E-state index is 12.1. The zero-order valence-corrected chi connectivity index (χ0v) is 6.78. The number of anilines is 1. The minimum absolute atomic E-state index is 0.0834. The van der Waals surface area contributed by atoms with Crippen molar-refractivity contribution in [3.05, 3.63) is 23.8 Å². The Morgan fingerprint density at radius 2 is 1.83 bits per heavy atom. The quantitative estimate of drug-likeness (QED) is 0.480. The molecule has 5 heteroatoms. The molecular formula is C7H6F3NS. The van der Waals surface area contributed by atoms with Gasteiger partial charge in [-0.05, 0) is 18.2 Å². The first-order chi connectivity index (χ1) is 5.41. The number of hydrogen-bond donors (Lipinski definition) is 2. The van der Waals surface area contributed by atoms with E-state index < -0.39 is 11.7 Å². The lowest BCUT2D eigenvalue weighted by Gasteiger charge is -2.09. The van der Waals surface area contributed by atoms with Crippen molar-refractivity contribution in [2.24, 2.45) is 0 Å². The van der Waals surface area contributed by atoms with E-state index in [4.69, 9.17) is 5.73 Å². The Balaban J connectivity index is 3.23. The minimum Gasteiger partial charge on any atom is -0.399 e. The lowest BCUT2D eigenvalue weighted by Crippen LogP contribution is -2.06. The highest BCUT2D eigenvalue weighted by molar-refractivity contribution is 7.80. The van der Waals surface area contributed by atoms with E-state index in [9.17, 15) is 13.2 Å². The second-order valence-corrected chi connectivity index (χ2v) is 2.76. The van der Waals surface area contributed by atoms with Gasteiger partial charge in [0.1, 0.15) is 0 Å². The molecule has 0 amide bonds. The average molecular weight is 193 g/mol. The highest BCUT2D eigenvalue weighted by Gasteiger charge is 2.32. The molecule has 0 fully saturated rings. The smallest absolute Gasteiger partial charge is 0.399 e. The van der Waals surface area contributed by atoms with Crippen LogP contribution in [-0.2, 0) is 6.18 Å². The fraction of sp³-hybridized carbons (Fsp3) is 0.143. The van der Waals surface area contributed by atoms with Gasteiger partial charge in [-0.1, -0.05) is 0 Å². The number of hydrogen-bond acceptors (Lipinski definition) is 2. The predicted molar refractivity (Wildman–Crippen MR) is 43.1 cm³/mol. The van der Waals surface area contributed by atoms with Crippen molar-refractivity contribution in [3.8, 4) is 0 Å². The second-order valence-electron chi connectivity index (χ2n) is 2.27. The van der Waals surface area contributed by atoms with Gasteiger partial charge in [-0.3, -0.25) is 0 Å². The molecule has 0 bridgehead atoms. The van der Waals surface area contributed by atoms with Crippen LogP contribution in [0.4, 0.5) is 18.9 Å². The highest BCUT2D eigenvalue weighted by Crippen LogP contribution is 2.34. The first-order valence-electron chi connectivity index (χ1n) is 3.07. The maximum Gasteiger partial charge on any atom is 0.417 e. The number of rotatable bonds is 0. The zero-order chi connectivity index (χ0) is 9.35. The highest BCUT2D eigenvalue weighted by atomic mass is 32.1. The molecule has 0 aromatic heterocycles. The van der Waals surface area contributed by atoms with Crippen molar-refractivity contribution in [1.82, 2.24) is 0 Å². The van der Waals surface area contributed by atoms with Crippen LogP contribution in [0.2, 0.25) is 0 Å². The molecule has 2 N–H and O–H groups in total. The van der Waals surface area contributed by atoms with E-state index in [0.717, 1.165) is 6.07 Å². The Morgan fingerprint density at radius 1 is 1.25 bits per heavy atom. The summed E-state index contributed by atoms with van der Waals surface area (Å²) < 4.78 is 36.4. The van der Waals surface area contributed by atoms with Gasteiger partial charge in [0, 0.05) is 10.6 Å². The minimum atomic E-state index is -4.38. The SMILES string of the molecule is Nc1ccc(S)c(C(F)(F)F)c1. The number of alkyl halides is 3. The normalized spacial score (nSPS) is 11.7. The number of nitrogens with two attached hydrogens (primary N) is 1. The Labute approximate surface area is 72.8 Å². The first kappa shape index (κ1) is 9.25. The molecule has 1 nitrogen and oxygen atoms in total. The molecule has 66 valence electrons. The second kappa shape index (κ2) is 2.90. The Bertz CT molecular complexity index is 295. The molecule has 0 saturated carbocycles. The molecule has 0 aliphatic carbocycles. The average Bonchev–Trinajstić information content (AvgIpc) is 1.92. The van der Waals surface area contributed by atoms with Crippen LogP contribution in [0.3, 0.4) is 0 Å². The van der Waals surface area contributed by atoms with Gasteiger partial charge >= 0.3 is 6.18 Å². The van der Waals surface area contributed by atoms with E-state index in [1.807, 2.05) is 0 Å². The van der Waals surface area contributed by atoms with Gasteiger partial charge in [0.25, 0.3) is 0 Å². The molecule has 0 atom stereocenters. The van der Waals surface area contributed by atoms with Crippen LogP contribution >= 0.6 is 12.6 Å². The lowest BCUT2D eigenvalue weighted by atomic mass is 10.2. The van der Waals surface area contributed by atoms with Gasteiger partial charge in [-0.25, -0.2) is 0 Å². The molecule has 1 aromatic rings. The number of halogens is 3. The van der Waals surface area contributed by atoms with Crippen LogP contribution in [0.1, 0.15) is 5.56 Å². The van der Waals surface area contributed by atoms with Crippen molar-refractivity contribution >= 4 is 18.3 Å². The summed E-state index contributed by atoms with van der Waals surface area (Å²) in [6.45, 7) is 0. The third-order valence-corrected chi connectivity index (χ3v) is 1.72. The number of benzene rings is 1. The van der Waals surface area contributed by atoms with E-state index in [0.29, 0.717) is 0 Å². The maximum atomic E-state index is 12.1. The zero-order valence-electron chi connectivity index (χ0n) is 5.89. The molecule has 12 heavy (non-hydrogen) atoms. The van der Waals surface area contributed by atoms with E-state index in [-0.39, 0.29) is 10.6 Å². The molecule has 0 saturated heterocycles. The Morgan fingerprint density at radius 3 is 2.25 bits per heavy atom. The summed E-state index contributed by atoms with van der Waals surface area (Å²) >= 11 is 3.66. The van der Waals surface area contributed by atoms with Crippen LogP contribution in [0.5, 0.6) is 0 Å². The molecule has 0 heterocycles. The third-order valence-electron chi connectivity index (χ3n) is 1.33. The summed E-state index contributed by atoms with van der Waals surface area (Å²) in [5, 5.41) is 0. The van der Waals surface area contributed by atoms with Gasteiger partial charge in [0.15, 0.2) is 0 Å². The largest absolute Gasteiger partial charge is 0.417 e. The topological polar surface area (TPSA) is 26.0 Å². The fourth-order valence-electron chi connectivity index (χ4n) is 0.781. The molecule has 1 rings (SSSR count). The Kier molecular flexibility index (Phi) is 2.23. The van der Waals surface area contributed by atoms with Crippen LogP contribution in [0, 0.1) is 0 Å². The van der Waals surface area contributed by atoms with Gasteiger partial charge in [0.05, 0.1) is 5.56 Å². The summed E-state index contributed by atoms with van der Waals surface area (Å²) in [6, 6.07) is 3.46. The predicted octanol–water partition coefficient (Wildman–Crippen LogP) is 2.58. The van der Waals surface area contributed by atoms with Crippen molar-refractivity contribution in [3.63, 3.8) is 0 Å². The van der Waals surface area contributed by atoms with Gasteiger partial charge in [-0.15, -0.1) is 12.6 Å². The van der Waals surface area contributed by atoms with Crippen molar-refractivity contribution < 1.29 is 13.2 Å². The standard InChI is InChI=1S/C7H6F3NS/c8-7(9,10)5-3-4(11)1-2-6(5)12/h1-3,12H,11H2. The Hall–Kier alpha value is -0.840. The molecule has 1 aromatic carbocycles. The van der Waals surface area contributed by atoms with E-state index in [1.165, 1.54) is 12.1 Å². The van der Waals surface area contributed by atoms with Crippen molar-refractivity contribution in [2.75, 3.05) is 5.73 Å². The van der Waals surface area contributed by atoms with Gasteiger partial charge < -0.3 is 5.73 Å². The summed E-state index contributed by atoms with van der Waals surface area (Å²) in [4.78, 5) is -0.114. The molecular weight excluding hydrogens is 187 g/mol. The summed E-state index contributed by atoms with van der Waals surface area (Å²) in [6.07, 6.45) is -4.38. The van der Waals surface area contributed by atoms with Crippen LogP contribution in [0.25, 0.3) is 0 Å². The molecule has 0 radical (unpaired) electrons. The lowest BCUT2D eigenvalue weighted by molar-refractivity contribution is -0.139. The van der Waals surface area contributed by atoms with Crippen molar-refractivity contribution in [1.29, 1.82) is 0 Å². The summed E-state index contributed by atoms with van der Waals surface area (Å²) in [5.74, 6) is 0. The monoisotopic (exact) mass is 193 g/mol. The fourth-order valence-corrected chi connectivity index (χ4v) is 1.05. The molecule has 0 aliphatic heterocycles. The number of thiol groups is 1. The molecule has 0 aliphatic rings. The van der Waals surface area contributed by atoms with Crippen LogP contribution in [-0.4, -0.2) is 0 Å². The molecule has 0 spiro atoms. The third kappa shape index (κ3) is 1.85. The van der Waals surface area contributed by atoms with Crippen LogP contribution < -0.4 is 5.73 Å². The number of nitrogen functional groups attached to an aromatic ring is 1. The first-order valence-corrected chi connectivity index (χ1v) is 3.51. The molecule has 0 unspecified atom stereocenters.